The molecule has 3 rings (SSSR count). The van der Waals surface area contributed by atoms with Crippen LogP contribution in [0.1, 0.15) is 68.2 Å². The van der Waals surface area contributed by atoms with E-state index in [4.69, 9.17) is 9.72 Å². The Hall–Kier alpha value is -0.450. The zero-order valence-electron chi connectivity index (χ0n) is 12.5. The normalized spacial score (nSPS) is 22.6. The molecule has 112 valence electrons. The Kier molecular flexibility index (Phi) is 4.74. The maximum absolute atomic E-state index is 6.22. The second-order valence-electron chi connectivity index (χ2n) is 6.13. The Balaban J connectivity index is 1.71. The minimum Gasteiger partial charge on any atom is -0.368 e. The maximum Gasteiger partial charge on any atom is 0.125 e. The summed E-state index contributed by atoms with van der Waals surface area (Å²) in [6.07, 6.45) is 12.3. The molecule has 20 heavy (non-hydrogen) atoms. The van der Waals surface area contributed by atoms with Crippen LogP contribution in [0.3, 0.4) is 0 Å². The minimum atomic E-state index is -0.0895. The van der Waals surface area contributed by atoms with Gasteiger partial charge in [-0.1, -0.05) is 25.7 Å². The quantitative estimate of drug-likeness (QED) is 0.806. The van der Waals surface area contributed by atoms with Crippen molar-refractivity contribution in [1.82, 2.24) is 10.3 Å². The molecular weight excluding hydrogens is 268 g/mol. The van der Waals surface area contributed by atoms with Crippen molar-refractivity contribution in [1.29, 1.82) is 0 Å². The lowest BCUT2D eigenvalue weighted by Gasteiger charge is -2.30. The van der Waals surface area contributed by atoms with Crippen LogP contribution in [0.25, 0.3) is 0 Å². The highest BCUT2D eigenvalue weighted by Crippen LogP contribution is 2.41. The van der Waals surface area contributed by atoms with Gasteiger partial charge in [-0.25, -0.2) is 4.98 Å². The molecule has 4 heteroatoms. The van der Waals surface area contributed by atoms with Crippen LogP contribution in [0.5, 0.6) is 0 Å². The zero-order chi connectivity index (χ0) is 13.8. The van der Waals surface area contributed by atoms with Gasteiger partial charge in [0.2, 0.25) is 0 Å². The number of hydrogen-bond donors (Lipinski definition) is 1. The van der Waals surface area contributed by atoms with E-state index in [0.29, 0.717) is 0 Å². The zero-order valence-corrected chi connectivity index (χ0v) is 13.3. The van der Waals surface area contributed by atoms with Crippen molar-refractivity contribution in [2.24, 2.45) is 0 Å². The summed E-state index contributed by atoms with van der Waals surface area (Å²) in [6.45, 7) is 3.87. The Bertz CT molecular complexity index is 420. The summed E-state index contributed by atoms with van der Waals surface area (Å²) in [5.41, 5.74) is -0.0895. The van der Waals surface area contributed by atoms with Gasteiger partial charge >= 0.3 is 0 Å². The first-order valence-electron chi connectivity index (χ1n) is 8.15. The van der Waals surface area contributed by atoms with Crippen molar-refractivity contribution in [2.75, 3.05) is 6.61 Å². The van der Waals surface area contributed by atoms with E-state index in [0.717, 1.165) is 32.0 Å². The topological polar surface area (TPSA) is 34.1 Å². The largest absolute Gasteiger partial charge is 0.368 e. The van der Waals surface area contributed by atoms with Gasteiger partial charge in [0.05, 0.1) is 0 Å². The molecule has 0 amide bonds. The van der Waals surface area contributed by atoms with Crippen LogP contribution in [0.15, 0.2) is 6.20 Å². The molecule has 1 aromatic rings. The van der Waals surface area contributed by atoms with Gasteiger partial charge in [0.1, 0.15) is 10.6 Å². The summed E-state index contributed by atoms with van der Waals surface area (Å²) in [5, 5.41) is 4.79. The number of rotatable bonds is 6. The lowest BCUT2D eigenvalue weighted by Crippen LogP contribution is -2.29. The van der Waals surface area contributed by atoms with Gasteiger partial charge in [-0.3, -0.25) is 0 Å². The van der Waals surface area contributed by atoms with Crippen molar-refractivity contribution in [2.45, 2.75) is 76.5 Å². The first-order chi connectivity index (χ1) is 9.82. The number of nitrogens with one attached hydrogen (secondary N) is 1. The molecule has 0 spiro atoms. The lowest BCUT2D eigenvalue weighted by molar-refractivity contribution is -0.0559. The van der Waals surface area contributed by atoms with Crippen LogP contribution >= 0.6 is 11.3 Å². The molecule has 1 N–H and O–H groups in total. The molecule has 3 nitrogen and oxygen atoms in total. The van der Waals surface area contributed by atoms with E-state index in [1.54, 1.807) is 0 Å². The molecule has 0 bridgehead atoms. The number of aromatic nitrogens is 1. The molecule has 1 aromatic heterocycles. The van der Waals surface area contributed by atoms with Gasteiger partial charge in [0.25, 0.3) is 0 Å². The first kappa shape index (κ1) is 14.5. The number of hydrogen-bond acceptors (Lipinski definition) is 4. The molecule has 2 fully saturated rings. The summed E-state index contributed by atoms with van der Waals surface area (Å²) in [4.78, 5) is 6.08. The standard InChI is InChI=1S/C16H26N2OS/c1-2-19-16(9-5-3-4-6-10-16)15-18-12-14(20-15)11-17-13-7-8-13/h12-13,17H,2-11H2,1H3. The van der Waals surface area contributed by atoms with Crippen LogP contribution in [-0.4, -0.2) is 17.6 Å². The van der Waals surface area contributed by atoms with Crippen molar-refractivity contribution >= 4 is 11.3 Å². The average molecular weight is 294 g/mol. The number of thiazole rings is 1. The lowest BCUT2D eigenvalue weighted by atomic mass is 9.95. The highest BCUT2D eigenvalue weighted by Gasteiger charge is 2.36. The van der Waals surface area contributed by atoms with Crippen molar-refractivity contribution in [3.05, 3.63) is 16.1 Å². The minimum absolute atomic E-state index is 0.0895. The summed E-state index contributed by atoms with van der Waals surface area (Å²) in [6, 6.07) is 0.763. The highest BCUT2D eigenvalue weighted by atomic mass is 32.1. The number of nitrogens with zero attached hydrogens (tertiary/aromatic N) is 1. The number of ether oxygens (including phenoxy) is 1. The fourth-order valence-electron chi connectivity index (χ4n) is 3.13. The van der Waals surface area contributed by atoms with Gasteiger partial charge in [-0.15, -0.1) is 11.3 Å². The van der Waals surface area contributed by atoms with Crippen molar-refractivity contribution < 1.29 is 4.74 Å². The van der Waals surface area contributed by atoms with E-state index < -0.39 is 0 Å². The summed E-state index contributed by atoms with van der Waals surface area (Å²) in [5.74, 6) is 0. The average Bonchev–Trinajstić information content (AvgIpc) is 3.21. The predicted molar refractivity (Wildman–Crippen MR) is 83.0 cm³/mol. The van der Waals surface area contributed by atoms with E-state index in [-0.39, 0.29) is 5.60 Å². The van der Waals surface area contributed by atoms with E-state index in [9.17, 15) is 0 Å². The van der Waals surface area contributed by atoms with Crippen molar-refractivity contribution in [3.8, 4) is 0 Å². The highest BCUT2D eigenvalue weighted by molar-refractivity contribution is 7.11. The van der Waals surface area contributed by atoms with Crippen LogP contribution in [0.2, 0.25) is 0 Å². The molecule has 2 aliphatic rings. The Labute approximate surface area is 126 Å². The Morgan fingerprint density at radius 1 is 1.30 bits per heavy atom. The summed E-state index contributed by atoms with van der Waals surface area (Å²) < 4.78 is 6.22. The van der Waals surface area contributed by atoms with E-state index in [1.807, 2.05) is 11.3 Å². The van der Waals surface area contributed by atoms with Crippen LogP contribution in [0.4, 0.5) is 0 Å². The smallest absolute Gasteiger partial charge is 0.125 e. The van der Waals surface area contributed by atoms with Crippen molar-refractivity contribution in [3.63, 3.8) is 0 Å². The molecule has 0 atom stereocenters. The molecule has 0 radical (unpaired) electrons. The SMILES string of the molecule is CCOC1(c2ncc(CNC3CC3)s2)CCCCCC1. The van der Waals surface area contributed by atoms with Crippen LogP contribution in [0, 0.1) is 0 Å². The molecular formula is C16H26N2OS. The fourth-order valence-corrected chi connectivity index (χ4v) is 4.19. The second-order valence-corrected chi connectivity index (χ2v) is 7.24. The first-order valence-corrected chi connectivity index (χ1v) is 8.96. The third-order valence-electron chi connectivity index (χ3n) is 4.42. The second kappa shape index (κ2) is 6.54. The fraction of sp³-hybridized carbons (Fsp3) is 0.812. The molecule has 0 saturated heterocycles. The van der Waals surface area contributed by atoms with E-state index in [2.05, 4.69) is 18.4 Å². The van der Waals surface area contributed by atoms with Gasteiger partial charge in [-0.05, 0) is 32.6 Å². The molecule has 0 aliphatic heterocycles. The Morgan fingerprint density at radius 3 is 2.70 bits per heavy atom. The third kappa shape index (κ3) is 3.41. The molecule has 0 aromatic carbocycles. The van der Waals surface area contributed by atoms with E-state index >= 15 is 0 Å². The molecule has 2 saturated carbocycles. The maximum atomic E-state index is 6.22. The third-order valence-corrected chi connectivity index (χ3v) is 5.60. The molecule has 1 heterocycles. The molecule has 2 aliphatic carbocycles. The van der Waals surface area contributed by atoms with Crippen LogP contribution in [-0.2, 0) is 16.9 Å². The van der Waals surface area contributed by atoms with Gasteiger partial charge in [0, 0.05) is 30.3 Å². The molecule has 0 unspecified atom stereocenters. The van der Waals surface area contributed by atoms with Gasteiger partial charge in [-0.2, -0.15) is 0 Å². The van der Waals surface area contributed by atoms with Gasteiger partial charge < -0.3 is 10.1 Å². The predicted octanol–water partition coefficient (Wildman–Crippen LogP) is 3.98. The monoisotopic (exact) mass is 294 g/mol. The van der Waals surface area contributed by atoms with E-state index in [1.165, 1.54) is 48.4 Å². The van der Waals surface area contributed by atoms with Gasteiger partial charge in [0.15, 0.2) is 0 Å². The Morgan fingerprint density at radius 2 is 2.05 bits per heavy atom. The summed E-state index contributed by atoms with van der Waals surface area (Å²) in [7, 11) is 0. The summed E-state index contributed by atoms with van der Waals surface area (Å²) >= 11 is 1.86. The van der Waals surface area contributed by atoms with Crippen LogP contribution < -0.4 is 5.32 Å².